The molecule has 2 saturated heterocycles. The average molecular weight is 226 g/mol. The Labute approximate surface area is 99.5 Å². The number of rotatable bonds is 3. The molecule has 2 fully saturated rings. The Morgan fingerprint density at radius 3 is 3.00 bits per heavy atom. The maximum absolute atomic E-state index is 5.57. The molecule has 2 aliphatic rings. The Bertz CT molecular complexity index is 214. The van der Waals surface area contributed by atoms with Crippen molar-refractivity contribution in [3.8, 4) is 0 Å². The third-order valence-corrected chi connectivity index (χ3v) is 3.98. The lowest BCUT2D eigenvalue weighted by atomic mass is 9.92. The molecule has 0 bridgehead atoms. The zero-order chi connectivity index (χ0) is 11.4. The third kappa shape index (κ3) is 3.44. The molecule has 0 aromatic rings. The van der Waals surface area contributed by atoms with Crippen LogP contribution in [0.25, 0.3) is 0 Å². The fraction of sp³-hybridized carbons (Fsp3) is 1.00. The van der Waals surface area contributed by atoms with Gasteiger partial charge in [0.05, 0.1) is 6.61 Å². The molecule has 0 spiro atoms. The first-order valence-corrected chi connectivity index (χ1v) is 6.69. The van der Waals surface area contributed by atoms with E-state index in [4.69, 9.17) is 4.74 Å². The average Bonchev–Trinajstić information content (AvgIpc) is 2.28. The molecule has 2 unspecified atom stereocenters. The molecule has 0 amide bonds. The third-order valence-electron chi connectivity index (χ3n) is 3.98. The van der Waals surface area contributed by atoms with Crippen molar-refractivity contribution >= 4 is 0 Å². The Kier molecular flexibility index (Phi) is 4.22. The highest BCUT2D eigenvalue weighted by Crippen LogP contribution is 2.20. The van der Waals surface area contributed by atoms with Gasteiger partial charge >= 0.3 is 0 Å². The van der Waals surface area contributed by atoms with Crippen LogP contribution in [0.2, 0.25) is 0 Å². The monoisotopic (exact) mass is 226 g/mol. The molecule has 3 nitrogen and oxygen atoms in total. The van der Waals surface area contributed by atoms with Gasteiger partial charge in [-0.2, -0.15) is 0 Å². The van der Waals surface area contributed by atoms with E-state index in [9.17, 15) is 0 Å². The molecule has 1 N–H and O–H groups in total. The van der Waals surface area contributed by atoms with Crippen molar-refractivity contribution in [3.05, 3.63) is 0 Å². The summed E-state index contributed by atoms with van der Waals surface area (Å²) >= 11 is 0. The van der Waals surface area contributed by atoms with Gasteiger partial charge in [-0.05, 0) is 58.7 Å². The van der Waals surface area contributed by atoms with Gasteiger partial charge in [0.15, 0.2) is 0 Å². The van der Waals surface area contributed by atoms with Crippen LogP contribution in [0.5, 0.6) is 0 Å². The summed E-state index contributed by atoms with van der Waals surface area (Å²) < 4.78 is 5.57. The van der Waals surface area contributed by atoms with E-state index in [2.05, 4.69) is 24.2 Å². The number of piperidine rings is 1. The highest BCUT2D eigenvalue weighted by molar-refractivity contribution is 4.87. The standard InChI is InChI=1S/C13H26N2O/c1-13(6-4-8-16-11-13)14-9-12-5-3-7-15(2)10-12/h12,14H,3-11H2,1-2H3. The maximum Gasteiger partial charge on any atom is 0.0645 e. The topological polar surface area (TPSA) is 24.5 Å². The minimum atomic E-state index is 0.230. The molecule has 0 aromatic heterocycles. The Balaban J connectivity index is 1.73. The Hall–Kier alpha value is -0.120. The summed E-state index contributed by atoms with van der Waals surface area (Å²) in [6.07, 6.45) is 5.20. The van der Waals surface area contributed by atoms with Gasteiger partial charge in [0.2, 0.25) is 0 Å². The number of nitrogens with one attached hydrogen (secondary N) is 1. The predicted octanol–water partition coefficient (Wildman–Crippen LogP) is 1.49. The van der Waals surface area contributed by atoms with Crippen LogP contribution in [-0.2, 0) is 4.74 Å². The van der Waals surface area contributed by atoms with Gasteiger partial charge < -0.3 is 15.0 Å². The molecular formula is C13H26N2O. The lowest BCUT2D eigenvalue weighted by Crippen LogP contribution is -2.51. The van der Waals surface area contributed by atoms with Gasteiger partial charge in [0, 0.05) is 18.7 Å². The van der Waals surface area contributed by atoms with Gasteiger partial charge in [0.1, 0.15) is 0 Å². The SMILES string of the molecule is CN1CCCC(CNC2(C)CCCOC2)C1. The summed E-state index contributed by atoms with van der Waals surface area (Å²) in [4.78, 5) is 2.45. The molecule has 2 aliphatic heterocycles. The van der Waals surface area contributed by atoms with Gasteiger partial charge in [-0.15, -0.1) is 0 Å². The van der Waals surface area contributed by atoms with Crippen LogP contribution in [0.3, 0.4) is 0 Å². The lowest BCUT2D eigenvalue weighted by molar-refractivity contribution is 0.0251. The Morgan fingerprint density at radius 2 is 2.31 bits per heavy atom. The van der Waals surface area contributed by atoms with E-state index in [1.54, 1.807) is 0 Å². The van der Waals surface area contributed by atoms with Crippen molar-refractivity contribution in [3.63, 3.8) is 0 Å². The number of ether oxygens (including phenoxy) is 1. The smallest absolute Gasteiger partial charge is 0.0645 e. The fourth-order valence-electron chi connectivity index (χ4n) is 2.90. The molecule has 2 rings (SSSR count). The van der Waals surface area contributed by atoms with E-state index in [-0.39, 0.29) is 5.54 Å². The number of hydrogen-bond acceptors (Lipinski definition) is 3. The first-order chi connectivity index (χ1) is 7.68. The molecule has 94 valence electrons. The van der Waals surface area contributed by atoms with Crippen molar-refractivity contribution in [2.45, 2.75) is 38.1 Å². The van der Waals surface area contributed by atoms with Gasteiger partial charge in [-0.1, -0.05) is 0 Å². The minimum Gasteiger partial charge on any atom is -0.380 e. The van der Waals surface area contributed by atoms with Crippen molar-refractivity contribution < 1.29 is 4.74 Å². The summed E-state index contributed by atoms with van der Waals surface area (Å²) in [5.41, 5.74) is 0.230. The van der Waals surface area contributed by atoms with Crippen LogP contribution in [0.15, 0.2) is 0 Å². The predicted molar refractivity (Wildman–Crippen MR) is 66.7 cm³/mol. The molecule has 16 heavy (non-hydrogen) atoms. The first kappa shape index (κ1) is 12.3. The van der Waals surface area contributed by atoms with E-state index < -0.39 is 0 Å². The van der Waals surface area contributed by atoms with E-state index >= 15 is 0 Å². The highest BCUT2D eigenvalue weighted by Gasteiger charge is 2.28. The van der Waals surface area contributed by atoms with Crippen LogP contribution in [0.1, 0.15) is 32.6 Å². The van der Waals surface area contributed by atoms with E-state index in [0.717, 1.165) is 25.7 Å². The van der Waals surface area contributed by atoms with Gasteiger partial charge in [0.25, 0.3) is 0 Å². The molecule has 0 aliphatic carbocycles. The summed E-state index contributed by atoms with van der Waals surface area (Å²) in [6, 6.07) is 0. The van der Waals surface area contributed by atoms with Crippen molar-refractivity contribution in [1.82, 2.24) is 10.2 Å². The molecule has 0 aromatic carbocycles. The largest absolute Gasteiger partial charge is 0.380 e. The molecular weight excluding hydrogens is 200 g/mol. The normalized spacial score (nSPS) is 37.5. The van der Waals surface area contributed by atoms with Gasteiger partial charge in [-0.3, -0.25) is 0 Å². The number of likely N-dealkylation sites (tertiary alicyclic amines) is 1. The molecule has 2 heterocycles. The van der Waals surface area contributed by atoms with E-state index in [1.165, 1.54) is 38.8 Å². The van der Waals surface area contributed by atoms with Crippen molar-refractivity contribution in [1.29, 1.82) is 0 Å². The lowest BCUT2D eigenvalue weighted by Gasteiger charge is -2.37. The molecule has 3 heteroatoms. The van der Waals surface area contributed by atoms with Crippen molar-refractivity contribution in [2.24, 2.45) is 5.92 Å². The first-order valence-electron chi connectivity index (χ1n) is 6.69. The van der Waals surface area contributed by atoms with Crippen LogP contribution >= 0.6 is 0 Å². The zero-order valence-corrected chi connectivity index (χ0v) is 10.8. The van der Waals surface area contributed by atoms with E-state index in [0.29, 0.717) is 0 Å². The number of hydrogen-bond donors (Lipinski definition) is 1. The second-order valence-corrected chi connectivity index (χ2v) is 5.87. The second-order valence-electron chi connectivity index (χ2n) is 5.87. The van der Waals surface area contributed by atoms with Crippen LogP contribution in [-0.4, -0.2) is 50.3 Å². The summed E-state index contributed by atoms with van der Waals surface area (Å²) in [5.74, 6) is 0.831. The summed E-state index contributed by atoms with van der Waals surface area (Å²) in [5, 5.41) is 3.74. The Morgan fingerprint density at radius 1 is 1.44 bits per heavy atom. The zero-order valence-electron chi connectivity index (χ0n) is 10.8. The molecule has 0 saturated carbocycles. The van der Waals surface area contributed by atoms with Crippen LogP contribution in [0, 0.1) is 5.92 Å². The number of nitrogens with zero attached hydrogens (tertiary/aromatic N) is 1. The highest BCUT2D eigenvalue weighted by atomic mass is 16.5. The van der Waals surface area contributed by atoms with Gasteiger partial charge in [-0.25, -0.2) is 0 Å². The second kappa shape index (κ2) is 5.48. The van der Waals surface area contributed by atoms with Crippen LogP contribution < -0.4 is 5.32 Å². The molecule has 0 radical (unpaired) electrons. The summed E-state index contributed by atoms with van der Waals surface area (Å²) in [6.45, 7) is 7.82. The molecule has 2 atom stereocenters. The minimum absolute atomic E-state index is 0.230. The quantitative estimate of drug-likeness (QED) is 0.789. The maximum atomic E-state index is 5.57. The van der Waals surface area contributed by atoms with Crippen LogP contribution in [0.4, 0.5) is 0 Å². The van der Waals surface area contributed by atoms with Crippen molar-refractivity contribution in [2.75, 3.05) is 39.9 Å². The summed E-state index contributed by atoms with van der Waals surface area (Å²) in [7, 11) is 2.23. The fourth-order valence-corrected chi connectivity index (χ4v) is 2.90. The van der Waals surface area contributed by atoms with E-state index in [1.807, 2.05) is 0 Å².